The van der Waals surface area contributed by atoms with Crippen molar-refractivity contribution in [2.75, 3.05) is 13.7 Å². The number of hydrogen-bond donors (Lipinski definition) is 0. The van der Waals surface area contributed by atoms with Crippen molar-refractivity contribution in [3.8, 4) is 0 Å². The van der Waals surface area contributed by atoms with E-state index in [9.17, 15) is 14.4 Å². The highest BCUT2D eigenvalue weighted by molar-refractivity contribution is 9.10. The molecule has 1 aliphatic carbocycles. The SMILES string of the molecule is COC1CCC(n2c(C(=O)C[C@@H](C)c3ccccc3)c3n(c2=O)CCN(C(=O)c2ccc(Br)c(Cl)c2)C3)CC1. The fraction of sp³-hybridized carbons (Fsp3) is 0.433. The standard InChI is InChI=1S/C30H33BrClN3O4/c1-19(20-6-4-3-5-7-20)16-27(36)28-26-18-33(29(37)21-8-13-24(31)25(32)17-21)14-15-34(26)30(38)35(28)22-9-11-23(39-2)12-10-22/h3-8,13,17,19,22-23H,9-12,14-16,18H2,1-2H3/t19-,22?,23?/m1/s1. The number of benzene rings is 2. The molecule has 39 heavy (non-hydrogen) atoms. The summed E-state index contributed by atoms with van der Waals surface area (Å²) in [5.41, 5.74) is 2.48. The number of amides is 1. The molecule has 0 unspecified atom stereocenters. The molecule has 2 heterocycles. The van der Waals surface area contributed by atoms with E-state index >= 15 is 0 Å². The van der Waals surface area contributed by atoms with Gasteiger partial charge in [0.05, 0.1) is 23.4 Å². The predicted octanol–water partition coefficient (Wildman–Crippen LogP) is 6.23. The Labute approximate surface area is 241 Å². The second-order valence-electron chi connectivity index (χ2n) is 10.6. The normalized spacial score (nSPS) is 19.9. The molecular formula is C30H33BrClN3O4. The van der Waals surface area contributed by atoms with E-state index in [-0.39, 0.29) is 48.4 Å². The molecule has 0 radical (unpaired) electrons. The topological polar surface area (TPSA) is 73.5 Å². The van der Waals surface area contributed by atoms with Gasteiger partial charge < -0.3 is 9.64 Å². The van der Waals surface area contributed by atoms with Crippen molar-refractivity contribution in [1.82, 2.24) is 14.0 Å². The number of methoxy groups -OCH3 is 1. The van der Waals surface area contributed by atoms with Gasteiger partial charge in [0.2, 0.25) is 0 Å². The minimum absolute atomic E-state index is 0.00624. The number of imidazole rings is 1. The molecule has 206 valence electrons. The van der Waals surface area contributed by atoms with Crippen molar-refractivity contribution in [1.29, 1.82) is 0 Å². The summed E-state index contributed by atoms with van der Waals surface area (Å²) < 4.78 is 9.72. The first-order valence-corrected chi connectivity index (χ1v) is 14.6. The fourth-order valence-corrected chi connectivity index (χ4v) is 6.34. The zero-order valence-corrected chi connectivity index (χ0v) is 24.6. The first-order chi connectivity index (χ1) is 18.8. The van der Waals surface area contributed by atoms with Crippen molar-refractivity contribution < 1.29 is 14.3 Å². The molecule has 5 rings (SSSR count). The molecule has 1 aromatic heterocycles. The van der Waals surface area contributed by atoms with Crippen LogP contribution in [0.1, 0.15) is 83.1 Å². The molecule has 1 saturated carbocycles. The van der Waals surface area contributed by atoms with Crippen LogP contribution in [0, 0.1) is 0 Å². The third-order valence-electron chi connectivity index (χ3n) is 8.13. The van der Waals surface area contributed by atoms with Gasteiger partial charge in [-0.2, -0.15) is 0 Å². The minimum Gasteiger partial charge on any atom is -0.381 e. The van der Waals surface area contributed by atoms with Crippen molar-refractivity contribution in [2.45, 2.75) is 70.2 Å². The van der Waals surface area contributed by atoms with E-state index in [1.54, 1.807) is 39.3 Å². The number of Topliss-reactive ketones (excluding diaryl/α,β-unsaturated/α-hetero) is 1. The summed E-state index contributed by atoms with van der Waals surface area (Å²) >= 11 is 9.63. The quantitative estimate of drug-likeness (QED) is 0.296. The van der Waals surface area contributed by atoms with E-state index in [1.807, 2.05) is 37.3 Å². The Morgan fingerprint density at radius 1 is 1.08 bits per heavy atom. The number of ether oxygens (including phenoxy) is 1. The van der Waals surface area contributed by atoms with Crippen LogP contribution in [0.15, 0.2) is 57.8 Å². The third-order valence-corrected chi connectivity index (χ3v) is 9.36. The lowest BCUT2D eigenvalue weighted by Gasteiger charge is -2.29. The number of ketones is 1. The van der Waals surface area contributed by atoms with Crippen LogP contribution in [-0.2, 0) is 17.8 Å². The van der Waals surface area contributed by atoms with Gasteiger partial charge >= 0.3 is 5.69 Å². The Kier molecular flexibility index (Phi) is 8.45. The number of nitrogens with zero attached hydrogens (tertiary/aromatic N) is 3. The molecule has 1 fully saturated rings. The van der Waals surface area contributed by atoms with Crippen LogP contribution >= 0.6 is 27.5 Å². The summed E-state index contributed by atoms with van der Waals surface area (Å²) in [6.45, 7) is 2.96. The average Bonchev–Trinajstić information content (AvgIpc) is 3.26. The Morgan fingerprint density at radius 3 is 2.46 bits per heavy atom. The molecule has 0 bridgehead atoms. The Hall–Kier alpha value is -2.68. The van der Waals surface area contributed by atoms with E-state index in [0.29, 0.717) is 39.5 Å². The van der Waals surface area contributed by atoms with Gasteiger partial charge in [0.1, 0.15) is 5.69 Å². The number of rotatable bonds is 7. The molecule has 1 amide bonds. The van der Waals surface area contributed by atoms with Gasteiger partial charge in [-0.1, -0.05) is 48.9 Å². The molecule has 0 N–H and O–H groups in total. The zero-order valence-electron chi connectivity index (χ0n) is 22.2. The lowest BCUT2D eigenvalue weighted by molar-refractivity contribution is 0.0574. The zero-order chi connectivity index (χ0) is 27.7. The Bertz CT molecular complexity index is 1430. The van der Waals surface area contributed by atoms with Gasteiger partial charge in [-0.15, -0.1) is 0 Å². The molecule has 2 aromatic carbocycles. The van der Waals surface area contributed by atoms with Crippen molar-refractivity contribution in [3.05, 3.63) is 91.0 Å². The monoisotopic (exact) mass is 613 g/mol. The van der Waals surface area contributed by atoms with E-state index in [1.165, 1.54) is 0 Å². The number of aromatic nitrogens is 2. The molecule has 0 spiro atoms. The van der Waals surface area contributed by atoms with Gasteiger partial charge in [0.15, 0.2) is 5.78 Å². The van der Waals surface area contributed by atoms with E-state index in [4.69, 9.17) is 16.3 Å². The summed E-state index contributed by atoms with van der Waals surface area (Å²) in [7, 11) is 1.72. The Morgan fingerprint density at radius 2 is 1.79 bits per heavy atom. The summed E-state index contributed by atoms with van der Waals surface area (Å²) in [6.07, 6.45) is 3.70. The number of hydrogen-bond acceptors (Lipinski definition) is 4. The number of fused-ring (bicyclic) bond motifs is 1. The van der Waals surface area contributed by atoms with Crippen molar-refractivity contribution in [3.63, 3.8) is 0 Å². The third kappa shape index (κ3) is 5.65. The van der Waals surface area contributed by atoms with Gasteiger partial charge in [-0.05, 0) is 71.3 Å². The molecule has 0 saturated heterocycles. The fourth-order valence-electron chi connectivity index (χ4n) is 5.91. The minimum atomic E-state index is -0.174. The maximum atomic E-state index is 14.0. The largest absolute Gasteiger partial charge is 0.381 e. The molecule has 3 aromatic rings. The number of carbonyl (C=O) groups excluding carboxylic acids is 2. The first kappa shape index (κ1) is 27.9. The van der Waals surface area contributed by atoms with E-state index in [0.717, 1.165) is 31.2 Å². The van der Waals surface area contributed by atoms with Crippen molar-refractivity contribution in [2.24, 2.45) is 0 Å². The summed E-state index contributed by atoms with van der Waals surface area (Å²) in [5, 5.41) is 0.457. The van der Waals surface area contributed by atoms with E-state index in [2.05, 4.69) is 15.9 Å². The number of halogens is 2. The van der Waals surface area contributed by atoms with Crippen LogP contribution in [-0.4, -0.2) is 45.5 Å². The van der Waals surface area contributed by atoms with E-state index < -0.39 is 0 Å². The highest BCUT2D eigenvalue weighted by Gasteiger charge is 2.35. The van der Waals surface area contributed by atoms with Crippen LogP contribution in [0.4, 0.5) is 0 Å². The molecule has 1 aliphatic heterocycles. The summed E-state index contributed by atoms with van der Waals surface area (Å²) in [4.78, 5) is 42.9. The maximum Gasteiger partial charge on any atom is 0.329 e. The molecule has 9 heteroatoms. The second-order valence-corrected chi connectivity index (χ2v) is 11.8. The smallest absolute Gasteiger partial charge is 0.329 e. The lowest BCUT2D eigenvalue weighted by atomic mass is 9.91. The second kappa shape index (κ2) is 11.8. The van der Waals surface area contributed by atoms with Crippen LogP contribution in [0.5, 0.6) is 0 Å². The Balaban J connectivity index is 1.50. The van der Waals surface area contributed by atoms with Gasteiger partial charge in [0, 0.05) is 42.7 Å². The highest BCUT2D eigenvalue weighted by atomic mass is 79.9. The van der Waals surface area contributed by atoms with Gasteiger partial charge in [-0.25, -0.2) is 4.79 Å². The van der Waals surface area contributed by atoms with Crippen LogP contribution < -0.4 is 5.69 Å². The maximum absolute atomic E-state index is 14.0. The summed E-state index contributed by atoms with van der Waals surface area (Å²) in [5.74, 6) is -0.243. The molecule has 7 nitrogen and oxygen atoms in total. The average molecular weight is 615 g/mol. The predicted molar refractivity (Wildman–Crippen MR) is 155 cm³/mol. The van der Waals surface area contributed by atoms with Crippen LogP contribution in [0.25, 0.3) is 0 Å². The van der Waals surface area contributed by atoms with Gasteiger partial charge in [0.25, 0.3) is 5.91 Å². The summed E-state index contributed by atoms with van der Waals surface area (Å²) in [6, 6.07) is 15.0. The lowest BCUT2D eigenvalue weighted by Crippen LogP contribution is -2.41. The van der Waals surface area contributed by atoms with Crippen LogP contribution in [0.3, 0.4) is 0 Å². The first-order valence-electron chi connectivity index (χ1n) is 13.5. The highest BCUT2D eigenvalue weighted by Crippen LogP contribution is 2.33. The van der Waals surface area contributed by atoms with Gasteiger partial charge in [-0.3, -0.25) is 18.7 Å². The van der Waals surface area contributed by atoms with Crippen molar-refractivity contribution >= 4 is 39.2 Å². The molecule has 2 aliphatic rings. The number of carbonyl (C=O) groups is 2. The van der Waals surface area contributed by atoms with Crippen LogP contribution in [0.2, 0.25) is 5.02 Å². The molecule has 1 atom stereocenters. The molecular weight excluding hydrogens is 582 g/mol.